The molecule has 1 aliphatic heterocycles. The molecule has 1 aliphatic rings. The van der Waals surface area contributed by atoms with Gasteiger partial charge in [0.2, 0.25) is 5.91 Å². The number of aromatic nitrogens is 3. The molecule has 0 N–H and O–H groups in total. The molecule has 0 bridgehead atoms. The first-order valence-electron chi connectivity index (χ1n) is 8.29. The number of hydrogen-bond donors (Lipinski definition) is 0. The van der Waals surface area contributed by atoms with E-state index in [2.05, 4.69) is 36.1 Å². The van der Waals surface area contributed by atoms with Gasteiger partial charge >= 0.3 is 0 Å². The average molecular weight is 312 g/mol. The van der Waals surface area contributed by atoms with Crippen LogP contribution in [0.15, 0.2) is 30.6 Å². The molecule has 0 spiro atoms. The number of rotatable bonds is 4. The third-order valence-corrected chi connectivity index (χ3v) is 4.50. The highest BCUT2D eigenvalue weighted by Gasteiger charge is 2.24. The maximum absolute atomic E-state index is 11.5. The van der Waals surface area contributed by atoms with Crippen molar-refractivity contribution in [2.24, 2.45) is 5.92 Å². The van der Waals surface area contributed by atoms with Crippen LogP contribution in [0.4, 0.5) is 0 Å². The summed E-state index contributed by atoms with van der Waals surface area (Å²) >= 11 is 0. The molecule has 0 saturated carbocycles. The zero-order chi connectivity index (χ0) is 16.4. The van der Waals surface area contributed by atoms with Crippen LogP contribution >= 0.6 is 0 Å². The molecular weight excluding hydrogens is 288 g/mol. The molecule has 5 nitrogen and oxygen atoms in total. The van der Waals surface area contributed by atoms with Gasteiger partial charge in [-0.3, -0.25) is 14.5 Å². The molecule has 0 unspecified atom stereocenters. The van der Waals surface area contributed by atoms with Crippen LogP contribution in [0.3, 0.4) is 0 Å². The summed E-state index contributed by atoms with van der Waals surface area (Å²) in [6, 6.07) is 6.56. The number of likely N-dealkylation sites (tertiary alicyclic amines) is 1. The minimum Gasteiger partial charge on any atom is -0.343 e. The summed E-state index contributed by atoms with van der Waals surface area (Å²) in [5, 5.41) is 4.39. The van der Waals surface area contributed by atoms with E-state index < -0.39 is 0 Å². The standard InChI is InChI=1S/C18H24N4O/c1-13(2)22-18(5-8-20-22)17-11-15(4-7-19-17)10-16-6-9-21(12-16)14(3)23/h4-5,7-8,11,13,16H,6,9-10,12H2,1-3H3/t16-/m1/s1. The summed E-state index contributed by atoms with van der Waals surface area (Å²) in [7, 11) is 0. The fraction of sp³-hybridized carbons (Fsp3) is 0.500. The van der Waals surface area contributed by atoms with E-state index in [0.29, 0.717) is 12.0 Å². The van der Waals surface area contributed by atoms with Crippen molar-refractivity contribution in [3.8, 4) is 11.4 Å². The van der Waals surface area contributed by atoms with Crippen molar-refractivity contribution in [3.05, 3.63) is 36.2 Å². The molecule has 122 valence electrons. The maximum Gasteiger partial charge on any atom is 0.219 e. The number of carbonyl (C=O) groups excluding carboxylic acids is 1. The third-order valence-electron chi connectivity index (χ3n) is 4.50. The summed E-state index contributed by atoms with van der Waals surface area (Å²) in [4.78, 5) is 17.9. The van der Waals surface area contributed by atoms with Gasteiger partial charge in [-0.15, -0.1) is 0 Å². The Labute approximate surface area is 137 Å². The Balaban J connectivity index is 1.76. The lowest BCUT2D eigenvalue weighted by molar-refractivity contribution is -0.127. The molecule has 0 radical (unpaired) electrons. The van der Waals surface area contributed by atoms with Gasteiger partial charge in [-0.2, -0.15) is 5.10 Å². The normalized spacial score (nSPS) is 17.9. The molecule has 1 saturated heterocycles. The van der Waals surface area contributed by atoms with Gasteiger partial charge in [-0.1, -0.05) is 0 Å². The van der Waals surface area contributed by atoms with E-state index in [-0.39, 0.29) is 5.91 Å². The van der Waals surface area contributed by atoms with Crippen molar-refractivity contribution in [1.82, 2.24) is 19.7 Å². The number of pyridine rings is 1. The van der Waals surface area contributed by atoms with Gasteiger partial charge in [0.25, 0.3) is 0 Å². The van der Waals surface area contributed by atoms with E-state index in [1.807, 2.05) is 28.0 Å². The Hall–Kier alpha value is -2.17. The molecule has 1 amide bonds. The third kappa shape index (κ3) is 3.44. The van der Waals surface area contributed by atoms with Crippen LogP contribution in [-0.4, -0.2) is 38.7 Å². The first-order chi connectivity index (χ1) is 11.0. The monoisotopic (exact) mass is 312 g/mol. The Morgan fingerprint density at radius 1 is 1.35 bits per heavy atom. The second-order valence-electron chi connectivity index (χ2n) is 6.63. The Kier molecular flexibility index (Phi) is 4.46. The van der Waals surface area contributed by atoms with Crippen molar-refractivity contribution in [3.63, 3.8) is 0 Å². The molecule has 1 fully saturated rings. The van der Waals surface area contributed by atoms with Gasteiger partial charge in [0.1, 0.15) is 0 Å². The molecule has 0 aromatic carbocycles. The Morgan fingerprint density at radius 2 is 2.17 bits per heavy atom. The van der Waals surface area contributed by atoms with E-state index in [4.69, 9.17) is 0 Å². The van der Waals surface area contributed by atoms with Gasteiger partial charge < -0.3 is 4.90 Å². The van der Waals surface area contributed by atoms with Crippen molar-refractivity contribution in [1.29, 1.82) is 0 Å². The van der Waals surface area contributed by atoms with Crippen molar-refractivity contribution < 1.29 is 4.79 Å². The van der Waals surface area contributed by atoms with Crippen LogP contribution in [-0.2, 0) is 11.2 Å². The molecule has 5 heteroatoms. The van der Waals surface area contributed by atoms with Gasteiger partial charge in [0.15, 0.2) is 0 Å². The average Bonchev–Trinajstić information content (AvgIpc) is 3.16. The Morgan fingerprint density at radius 3 is 2.87 bits per heavy atom. The lowest BCUT2D eigenvalue weighted by atomic mass is 9.98. The minimum absolute atomic E-state index is 0.184. The molecule has 2 aromatic rings. The molecule has 3 heterocycles. The van der Waals surface area contributed by atoms with Crippen LogP contribution in [0.25, 0.3) is 11.4 Å². The quantitative estimate of drug-likeness (QED) is 0.872. The number of amides is 1. The lowest BCUT2D eigenvalue weighted by Gasteiger charge is -2.14. The van der Waals surface area contributed by atoms with E-state index in [1.54, 1.807) is 6.92 Å². The molecule has 0 aliphatic carbocycles. The smallest absolute Gasteiger partial charge is 0.219 e. The van der Waals surface area contributed by atoms with Crippen molar-refractivity contribution in [2.45, 2.75) is 39.7 Å². The first kappa shape index (κ1) is 15.7. The molecule has 1 atom stereocenters. The molecule has 23 heavy (non-hydrogen) atoms. The largest absolute Gasteiger partial charge is 0.343 e. The fourth-order valence-electron chi connectivity index (χ4n) is 3.29. The predicted octanol–water partition coefficient (Wildman–Crippen LogP) is 2.94. The maximum atomic E-state index is 11.5. The second kappa shape index (κ2) is 6.52. The lowest BCUT2D eigenvalue weighted by Crippen LogP contribution is -2.26. The SMILES string of the molecule is CC(=O)N1CC[C@H](Cc2ccnc(-c3ccnn3C(C)C)c2)C1. The number of nitrogens with zero attached hydrogens (tertiary/aromatic N) is 4. The summed E-state index contributed by atoms with van der Waals surface area (Å²) in [5.74, 6) is 0.730. The number of carbonyl (C=O) groups is 1. The van der Waals surface area contributed by atoms with E-state index in [9.17, 15) is 4.79 Å². The predicted molar refractivity (Wildman–Crippen MR) is 89.9 cm³/mol. The van der Waals surface area contributed by atoms with Gasteiger partial charge in [-0.25, -0.2) is 0 Å². The van der Waals surface area contributed by atoms with Crippen molar-refractivity contribution in [2.75, 3.05) is 13.1 Å². The van der Waals surface area contributed by atoms with Crippen LogP contribution in [0, 0.1) is 5.92 Å². The van der Waals surface area contributed by atoms with Crippen molar-refractivity contribution >= 4 is 5.91 Å². The summed E-state index contributed by atoms with van der Waals surface area (Å²) in [6.07, 6.45) is 5.78. The zero-order valence-corrected chi connectivity index (χ0v) is 14.1. The van der Waals surface area contributed by atoms with Gasteiger partial charge in [0, 0.05) is 38.4 Å². The topological polar surface area (TPSA) is 51.0 Å². The fourth-order valence-corrected chi connectivity index (χ4v) is 3.29. The van der Waals surface area contributed by atoms with Crippen LogP contribution in [0.2, 0.25) is 0 Å². The van der Waals surface area contributed by atoms with Crippen LogP contribution < -0.4 is 0 Å². The van der Waals surface area contributed by atoms with Gasteiger partial charge in [0.05, 0.1) is 11.4 Å². The highest BCUT2D eigenvalue weighted by Crippen LogP contribution is 2.24. The summed E-state index contributed by atoms with van der Waals surface area (Å²) < 4.78 is 2.00. The van der Waals surface area contributed by atoms with E-state index >= 15 is 0 Å². The molecular formula is C18H24N4O. The van der Waals surface area contributed by atoms with Crippen LogP contribution in [0.1, 0.15) is 38.8 Å². The van der Waals surface area contributed by atoms with Crippen LogP contribution in [0.5, 0.6) is 0 Å². The highest BCUT2D eigenvalue weighted by molar-refractivity contribution is 5.73. The molecule has 2 aromatic heterocycles. The van der Waals surface area contributed by atoms with E-state index in [0.717, 1.165) is 37.3 Å². The second-order valence-corrected chi connectivity index (χ2v) is 6.63. The van der Waals surface area contributed by atoms with Gasteiger partial charge in [-0.05, 0) is 56.4 Å². The highest BCUT2D eigenvalue weighted by atomic mass is 16.2. The minimum atomic E-state index is 0.184. The summed E-state index contributed by atoms with van der Waals surface area (Å²) in [6.45, 7) is 7.65. The zero-order valence-electron chi connectivity index (χ0n) is 14.1. The molecule has 3 rings (SSSR count). The Bertz CT molecular complexity index is 692. The first-order valence-corrected chi connectivity index (χ1v) is 8.29. The number of hydrogen-bond acceptors (Lipinski definition) is 3. The van der Waals surface area contributed by atoms with E-state index in [1.165, 1.54) is 5.56 Å². The summed E-state index contributed by atoms with van der Waals surface area (Å²) in [5.41, 5.74) is 3.30.